The monoisotopic (exact) mass is 719 g/mol. The normalized spacial score (nSPS) is 15.5. The SMILES string of the molecule is O=C(OCC1CCN(Cc2ccccc2)CC1)C(O)(c1ccccc1)c1cccc(OCCCCCNC[C@H](O)c2ccc(O)c3[nH]c(=O)ccc23)c1. The number of phenolic OH excluding ortho intramolecular Hbond substituents is 1. The molecule has 1 unspecified atom stereocenters. The first-order valence-electron chi connectivity index (χ1n) is 18.5. The van der Waals surface area contributed by atoms with E-state index in [1.54, 1.807) is 54.6 Å². The number of hydrogen-bond acceptors (Lipinski definition) is 9. The van der Waals surface area contributed by atoms with Gasteiger partial charge in [-0.15, -0.1) is 0 Å². The van der Waals surface area contributed by atoms with Crippen molar-refractivity contribution < 1.29 is 29.6 Å². The predicted molar refractivity (Wildman–Crippen MR) is 205 cm³/mol. The van der Waals surface area contributed by atoms with Crippen molar-refractivity contribution in [2.24, 2.45) is 5.92 Å². The number of fused-ring (bicyclic) bond motifs is 1. The third-order valence-corrected chi connectivity index (χ3v) is 10.0. The Kier molecular flexibility index (Phi) is 12.9. The highest BCUT2D eigenvalue weighted by atomic mass is 16.5. The van der Waals surface area contributed by atoms with E-state index in [9.17, 15) is 24.9 Å². The Hall–Kier alpha value is -5.00. The smallest absolute Gasteiger partial charge is 0.347 e. The van der Waals surface area contributed by atoms with Gasteiger partial charge in [-0.05, 0) is 98.6 Å². The van der Waals surface area contributed by atoms with Gasteiger partial charge in [0.25, 0.3) is 0 Å². The summed E-state index contributed by atoms with van der Waals surface area (Å²) in [4.78, 5) is 30.5. The van der Waals surface area contributed by atoms with Gasteiger partial charge < -0.3 is 35.1 Å². The fourth-order valence-electron chi connectivity index (χ4n) is 6.96. The molecule has 1 saturated heterocycles. The first kappa shape index (κ1) is 37.7. The highest BCUT2D eigenvalue weighted by Crippen LogP contribution is 2.34. The Morgan fingerprint density at radius 1 is 0.887 bits per heavy atom. The van der Waals surface area contributed by atoms with Crippen molar-refractivity contribution >= 4 is 16.9 Å². The summed E-state index contributed by atoms with van der Waals surface area (Å²) in [5, 5.41) is 36.8. The number of aromatic amines is 1. The lowest BCUT2D eigenvalue weighted by atomic mass is 9.86. The fourth-order valence-corrected chi connectivity index (χ4v) is 6.96. The molecule has 1 aromatic heterocycles. The maximum Gasteiger partial charge on any atom is 0.347 e. The van der Waals surface area contributed by atoms with E-state index in [-0.39, 0.29) is 23.8 Å². The molecule has 278 valence electrons. The molecular weight excluding hydrogens is 670 g/mol. The number of carbonyl (C=O) groups excluding carboxylic acids is 1. The molecule has 4 aromatic carbocycles. The molecule has 0 amide bonds. The second kappa shape index (κ2) is 18.2. The number of pyridine rings is 1. The Bertz CT molecular complexity index is 1980. The number of phenols is 1. The summed E-state index contributed by atoms with van der Waals surface area (Å²) >= 11 is 0. The van der Waals surface area contributed by atoms with E-state index in [2.05, 4.69) is 39.5 Å². The minimum absolute atomic E-state index is 0.0400. The topological polar surface area (TPSA) is 144 Å². The van der Waals surface area contributed by atoms with Gasteiger partial charge in [-0.25, -0.2) is 4.79 Å². The number of aromatic hydroxyl groups is 1. The largest absolute Gasteiger partial charge is 0.506 e. The Morgan fingerprint density at radius 3 is 2.40 bits per heavy atom. The number of nitrogens with zero attached hydrogens (tertiary/aromatic N) is 1. The standard InChI is InChI=1S/C43H49N3O7/c47-38-19-17-36(37-18-20-40(49)45-41(37)38)39(48)28-44-23-8-3-9-26-52-35-16-10-15-34(27-35)43(51,33-13-6-2-7-14-33)42(50)53-30-32-21-24-46(25-22-32)29-31-11-4-1-5-12-31/h1-2,4-7,10-20,27,32,39,44,47-48,51H,3,8-9,21-26,28-30H2,(H,45,49)/t39-,43?/m0/s1. The fraction of sp³-hybridized carbons (Fsp3) is 0.349. The Balaban J connectivity index is 0.960. The van der Waals surface area contributed by atoms with Gasteiger partial charge in [0.2, 0.25) is 11.2 Å². The number of rotatable bonds is 17. The lowest BCUT2D eigenvalue weighted by molar-refractivity contribution is -0.164. The summed E-state index contributed by atoms with van der Waals surface area (Å²) in [5.74, 6) is 0.0492. The quantitative estimate of drug-likeness (QED) is 0.0596. The molecule has 10 heteroatoms. The highest BCUT2D eigenvalue weighted by molar-refractivity contribution is 5.87. The summed E-state index contributed by atoms with van der Waals surface area (Å²) in [7, 11) is 0. The second-order valence-electron chi connectivity index (χ2n) is 13.8. The molecule has 6 rings (SSSR count). The van der Waals surface area contributed by atoms with E-state index in [0.29, 0.717) is 53.0 Å². The zero-order valence-corrected chi connectivity index (χ0v) is 30.0. The molecule has 1 fully saturated rings. The number of unbranched alkanes of at least 4 members (excludes halogenated alkanes) is 2. The van der Waals surface area contributed by atoms with Crippen LogP contribution < -0.4 is 15.6 Å². The third kappa shape index (κ3) is 9.71. The molecule has 0 radical (unpaired) electrons. The number of H-pyrrole nitrogens is 1. The number of piperidine rings is 1. The number of benzene rings is 4. The van der Waals surface area contributed by atoms with Crippen LogP contribution in [0.15, 0.2) is 114 Å². The van der Waals surface area contributed by atoms with Crippen molar-refractivity contribution in [2.45, 2.75) is 50.4 Å². The third-order valence-electron chi connectivity index (χ3n) is 10.0. The van der Waals surface area contributed by atoms with Gasteiger partial charge >= 0.3 is 5.97 Å². The van der Waals surface area contributed by atoms with Crippen molar-refractivity contribution in [1.29, 1.82) is 0 Å². The van der Waals surface area contributed by atoms with Gasteiger partial charge in [0.1, 0.15) is 11.5 Å². The van der Waals surface area contributed by atoms with Gasteiger partial charge in [-0.3, -0.25) is 9.69 Å². The highest BCUT2D eigenvalue weighted by Gasteiger charge is 2.42. The number of likely N-dealkylation sites (tertiary alicyclic amines) is 1. The van der Waals surface area contributed by atoms with Crippen LogP contribution in [0.3, 0.4) is 0 Å². The van der Waals surface area contributed by atoms with Crippen LogP contribution in [0.1, 0.15) is 60.5 Å². The molecule has 0 bridgehead atoms. The van der Waals surface area contributed by atoms with Crippen LogP contribution in [0.5, 0.6) is 11.5 Å². The van der Waals surface area contributed by atoms with Gasteiger partial charge in [0.05, 0.1) is 24.8 Å². The van der Waals surface area contributed by atoms with Crippen molar-refractivity contribution in [3.8, 4) is 11.5 Å². The molecule has 1 aliphatic heterocycles. The zero-order valence-electron chi connectivity index (χ0n) is 30.0. The number of hydrogen-bond donors (Lipinski definition) is 5. The van der Waals surface area contributed by atoms with Crippen LogP contribution >= 0.6 is 0 Å². The number of nitrogens with one attached hydrogen (secondary N) is 2. The molecule has 53 heavy (non-hydrogen) atoms. The lowest BCUT2D eigenvalue weighted by Crippen LogP contribution is -2.40. The summed E-state index contributed by atoms with van der Waals surface area (Å²) in [6.45, 7) is 4.51. The number of ether oxygens (including phenoxy) is 2. The maximum atomic E-state index is 13.7. The molecule has 2 heterocycles. The predicted octanol–water partition coefficient (Wildman–Crippen LogP) is 5.80. The van der Waals surface area contributed by atoms with E-state index < -0.39 is 17.7 Å². The minimum atomic E-state index is -1.99. The van der Waals surface area contributed by atoms with E-state index in [4.69, 9.17) is 9.47 Å². The van der Waals surface area contributed by atoms with Gasteiger partial charge in [0, 0.05) is 30.1 Å². The van der Waals surface area contributed by atoms with Crippen LogP contribution in [-0.4, -0.2) is 70.6 Å². The summed E-state index contributed by atoms with van der Waals surface area (Å²) in [6, 6.07) is 32.5. The molecule has 10 nitrogen and oxygen atoms in total. The van der Waals surface area contributed by atoms with E-state index in [1.165, 1.54) is 17.7 Å². The van der Waals surface area contributed by atoms with Gasteiger partial charge in [-0.1, -0.05) is 78.9 Å². The first-order valence-corrected chi connectivity index (χ1v) is 18.5. The number of aromatic nitrogens is 1. The number of aliphatic hydroxyl groups is 2. The maximum absolute atomic E-state index is 13.7. The van der Waals surface area contributed by atoms with E-state index in [1.807, 2.05) is 18.2 Å². The van der Waals surface area contributed by atoms with E-state index >= 15 is 0 Å². The van der Waals surface area contributed by atoms with E-state index in [0.717, 1.165) is 51.7 Å². The van der Waals surface area contributed by atoms with Gasteiger partial charge in [-0.2, -0.15) is 0 Å². The Morgan fingerprint density at radius 2 is 1.62 bits per heavy atom. The van der Waals surface area contributed by atoms with Crippen LogP contribution in [0.2, 0.25) is 0 Å². The molecule has 5 aromatic rings. The van der Waals surface area contributed by atoms with Crippen molar-refractivity contribution in [2.75, 3.05) is 39.4 Å². The number of aliphatic hydroxyl groups excluding tert-OH is 1. The molecule has 1 aliphatic rings. The molecular formula is C43H49N3O7. The molecule has 0 spiro atoms. The molecule has 2 atom stereocenters. The van der Waals surface area contributed by atoms with Crippen molar-refractivity contribution in [3.63, 3.8) is 0 Å². The van der Waals surface area contributed by atoms with Crippen LogP contribution in [0.25, 0.3) is 10.9 Å². The van der Waals surface area contributed by atoms with Gasteiger partial charge in [0.15, 0.2) is 0 Å². The molecule has 0 saturated carbocycles. The number of esters is 1. The van der Waals surface area contributed by atoms with Crippen LogP contribution in [-0.2, 0) is 21.7 Å². The lowest BCUT2D eigenvalue weighted by Gasteiger charge is -2.33. The van der Waals surface area contributed by atoms with Crippen molar-refractivity contribution in [3.05, 3.63) is 142 Å². The average Bonchev–Trinajstić information content (AvgIpc) is 3.19. The summed E-state index contributed by atoms with van der Waals surface area (Å²) < 4.78 is 11.9. The molecule has 0 aliphatic carbocycles. The summed E-state index contributed by atoms with van der Waals surface area (Å²) in [6.07, 6.45) is 3.58. The Labute approximate surface area is 310 Å². The van der Waals surface area contributed by atoms with Crippen molar-refractivity contribution in [1.82, 2.24) is 15.2 Å². The number of carbonyl (C=O) groups is 1. The minimum Gasteiger partial charge on any atom is -0.506 e. The second-order valence-corrected chi connectivity index (χ2v) is 13.8. The summed E-state index contributed by atoms with van der Waals surface area (Å²) in [5.41, 5.74) is 0.742. The van der Waals surface area contributed by atoms with Crippen LogP contribution in [0.4, 0.5) is 0 Å². The zero-order chi connectivity index (χ0) is 37.0. The molecule has 5 N–H and O–H groups in total. The first-order chi connectivity index (χ1) is 25.8. The van der Waals surface area contributed by atoms with Crippen LogP contribution in [0, 0.1) is 5.92 Å². The average molecular weight is 720 g/mol.